The van der Waals surface area contributed by atoms with Gasteiger partial charge in [-0.2, -0.15) is 5.10 Å². The van der Waals surface area contributed by atoms with E-state index in [1.165, 1.54) is 12.1 Å². The van der Waals surface area contributed by atoms with Gasteiger partial charge in [-0.15, -0.1) is 0 Å². The zero-order chi connectivity index (χ0) is 11.7. The van der Waals surface area contributed by atoms with E-state index in [4.69, 9.17) is 5.73 Å². The van der Waals surface area contributed by atoms with E-state index < -0.39 is 0 Å². The number of rotatable bonds is 3. The summed E-state index contributed by atoms with van der Waals surface area (Å²) in [6.45, 7) is 7.44. The number of nitrogens with zero attached hydrogens (tertiary/aromatic N) is 3. The van der Waals surface area contributed by atoms with Gasteiger partial charge in [-0.25, -0.2) is 0 Å². The van der Waals surface area contributed by atoms with E-state index in [2.05, 4.69) is 23.0 Å². The molecular formula is C12H22N4. The average molecular weight is 222 g/mol. The fourth-order valence-corrected chi connectivity index (χ4v) is 2.48. The van der Waals surface area contributed by atoms with Crippen molar-refractivity contribution < 1.29 is 0 Å². The molecule has 1 fully saturated rings. The highest BCUT2D eigenvalue weighted by atomic mass is 15.3. The minimum Gasteiger partial charge on any atom is -0.328 e. The summed E-state index contributed by atoms with van der Waals surface area (Å²) in [5.41, 5.74) is 8.34. The lowest BCUT2D eigenvalue weighted by Crippen LogP contribution is -2.29. The Labute approximate surface area is 97.4 Å². The molecule has 0 radical (unpaired) electrons. The van der Waals surface area contributed by atoms with Gasteiger partial charge in [-0.1, -0.05) is 0 Å². The molecule has 0 bridgehead atoms. The summed E-state index contributed by atoms with van der Waals surface area (Å²) in [5.74, 6) is 0.661. The smallest absolute Gasteiger partial charge is 0.0597 e. The van der Waals surface area contributed by atoms with Crippen molar-refractivity contribution >= 4 is 0 Å². The van der Waals surface area contributed by atoms with Crippen LogP contribution < -0.4 is 5.73 Å². The van der Waals surface area contributed by atoms with E-state index in [9.17, 15) is 0 Å². The van der Waals surface area contributed by atoms with Crippen molar-refractivity contribution in [3.63, 3.8) is 0 Å². The standard InChI is InChI=1S/C12H22N4/c1-9-6-12(15(3)14-9)8-16-5-4-11(7-16)10(2)13/h6,10-11H,4-5,7-8,13H2,1-3H3. The molecule has 90 valence electrons. The van der Waals surface area contributed by atoms with E-state index in [0.29, 0.717) is 12.0 Å². The van der Waals surface area contributed by atoms with Gasteiger partial charge in [0.25, 0.3) is 0 Å². The Bertz CT molecular complexity index is 356. The summed E-state index contributed by atoms with van der Waals surface area (Å²) < 4.78 is 1.98. The molecule has 2 N–H and O–H groups in total. The first kappa shape index (κ1) is 11.6. The van der Waals surface area contributed by atoms with Crippen molar-refractivity contribution in [2.45, 2.75) is 32.9 Å². The normalized spacial score (nSPS) is 23.9. The third-order valence-corrected chi connectivity index (χ3v) is 3.54. The number of likely N-dealkylation sites (tertiary alicyclic amines) is 1. The van der Waals surface area contributed by atoms with E-state index in [-0.39, 0.29) is 0 Å². The number of hydrogen-bond donors (Lipinski definition) is 1. The highest BCUT2D eigenvalue weighted by Crippen LogP contribution is 2.20. The second-order valence-electron chi connectivity index (χ2n) is 5.04. The minimum absolute atomic E-state index is 0.318. The number of aryl methyl sites for hydroxylation is 2. The molecule has 4 nitrogen and oxygen atoms in total. The molecule has 2 atom stereocenters. The maximum atomic E-state index is 5.94. The third kappa shape index (κ3) is 2.44. The van der Waals surface area contributed by atoms with Gasteiger partial charge in [-0.3, -0.25) is 9.58 Å². The molecule has 0 aliphatic carbocycles. The first-order chi connectivity index (χ1) is 7.56. The van der Waals surface area contributed by atoms with Gasteiger partial charge in [0.2, 0.25) is 0 Å². The van der Waals surface area contributed by atoms with Crippen molar-refractivity contribution in [1.82, 2.24) is 14.7 Å². The van der Waals surface area contributed by atoms with Crippen LogP contribution in [0.3, 0.4) is 0 Å². The summed E-state index contributed by atoms with van der Waals surface area (Å²) in [5, 5.41) is 4.37. The molecule has 4 heteroatoms. The summed E-state index contributed by atoms with van der Waals surface area (Å²) in [7, 11) is 2.02. The molecule has 0 saturated carbocycles. The summed E-state index contributed by atoms with van der Waals surface area (Å²) in [6.07, 6.45) is 1.23. The Morgan fingerprint density at radius 3 is 2.88 bits per heavy atom. The molecular weight excluding hydrogens is 200 g/mol. The van der Waals surface area contributed by atoms with Crippen molar-refractivity contribution in [1.29, 1.82) is 0 Å². The quantitative estimate of drug-likeness (QED) is 0.826. The monoisotopic (exact) mass is 222 g/mol. The Kier molecular flexibility index (Phi) is 3.30. The topological polar surface area (TPSA) is 47.1 Å². The van der Waals surface area contributed by atoms with Gasteiger partial charge in [-0.05, 0) is 38.8 Å². The molecule has 16 heavy (non-hydrogen) atoms. The molecule has 0 amide bonds. The van der Waals surface area contributed by atoms with Crippen LogP contribution in [0.2, 0.25) is 0 Å². The zero-order valence-electron chi connectivity index (χ0n) is 10.5. The largest absolute Gasteiger partial charge is 0.328 e. The molecule has 1 aromatic heterocycles. The van der Waals surface area contributed by atoms with E-state index in [1.807, 2.05) is 18.7 Å². The van der Waals surface area contributed by atoms with Gasteiger partial charge >= 0.3 is 0 Å². The van der Waals surface area contributed by atoms with Crippen LogP contribution in [0.15, 0.2) is 6.07 Å². The van der Waals surface area contributed by atoms with Gasteiger partial charge in [0, 0.05) is 26.2 Å². The van der Waals surface area contributed by atoms with Crippen LogP contribution in [0.4, 0.5) is 0 Å². The summed E-state index contributed by atoms with van der Waals surface area (Å²) in [4.78, 5) is 2.48. The predicted octanol–water partition coefficient (Wildman–Crippen LogP) is 0.898. The zero-order valence-corrected chi connectivity index (χ0v) is 10.5. The SMILES string of the molecule is Cc1cc(CN2CCC(C(C)N)C2)n(C)n1. The average Bonchev–Trinajstić information content (AvgIpc) is 2.75. The fourth-order valence-electron chi connectivity index (χ4n) is 2.48. The van der Waals surface area contributed by atoms with Crippen LogP contribution in [0.1, 0.15) is 24.7 Å². The first-order valence-electron chi connectivity index (χ1n) is 6.03. The van der Waals surface area contributed by atoms with Crippen LogP contribution in [0, 0.1) is 12.8 Å². The summed E-state index contributed by atoms with van der Waals surface area (Å²) >= 11 is 0. The molecule has 1 aliphatic heterocycles. The molecule has 1 aliphatic rings. The van der Waals surface area contributed by atoms with E-state index in [1.54, 1.807) is 0 Å². The predicted molar refractivity (Wildman–Crippen MR) is 65.0 cm³/mol. The van der Waals surface area contributed by atoms with Crippen molar-refractivity contribution in [2.75, 3.05) is 13.1 Å². The highest BCUT2D eigenvalue weighted by molar-refractivity contribution is 5.08. The van der Waals surface area contributed by atoms with Crippen molar-refractivity contribution in [2.24, 2.45) is 18.7 Å². The molecule has 0 aromatic carbocycles. The molecule has 1 saturated heterocycles. The summed E-state index contributed by atoms with van der Waals surface area (Å²) in [6, 6.07) is 2.48. The molecule has 1 aromatic rings. The molecule has 2 unspecified atom stereocenters. The maximum Gasteiger partial charge on any atom is 0.0597 e. The Balaban J connectivity index is 1.94. The second-order valence-corrected chi connectivity index (χ2v) is 5.04. The first-order valence-corrected chi connectivity index (χ1v) is 6.03. The van der Waals surface area contributed by atoms with Crippen LogP contribution in [0.5, 0.6) is 0 Å². The molecule has 2 rings (SSSR count). The van der Waals surface area contributed by atoms with E-state index in [0.717, 1.165) is 25.3 Å². The minimum atomic E-state index is 0.318. The Morgan fingerprint density at radius 2 is 2.38 bits per heavy atom. The maximum absolute atomic E-state index is 5.94. The van der Waals surface area contributed by atoms with Crippen LogP contribution in [0.25, 0.3) is 0 Å². The second kappa shape index (κ2) is 4.55. The highest BCUT2D eigenvalue weighted by Gasteiger charge is 2.25. The van der Waals surface area contributed by atoms with Gasteiger partial charge in [0.1, 0.15) is 0 Å². The lowest BCUT2D eigenvalue weighted by Gasteiger charge is -2.17. The number of nitrogens with two attached hydrogens (primary N) is 1. The fraction of sp³-hybridized carbons (Fsp3) is 0.750. The Hall–Kier alpha value is -0.870. The molecule has 2 heterocycles. The number of aromatic nitrogens is 2. The lowest BCUT2D eigenvalue weighted by atomic mass is 10.0. The molecule has 0 spiro atoms. The van der Waals surface area contributed by atoms with Crippen LogP contribution >= 0.6 is 0 Å². The van der Waals surface area contributed by atoms with Gasteiger partial charge in [0.05, 0.1) is 11.4 Å². The van der Waals surface area contributed by atoms with Crippen LogP contribution in [-0.2, 0) is 13.6 Å². The number of hydrogen-bond acceptors (Lipinski definition) is 3. The third-order valence-electron chi connectivity index (χ3n) is 3.54. The van der Waals surface area contributed by atoms with Gasteiger partial charge in [0.15, 0.2) is 0 Å². The van der Waals surface area contributed by atoms with Gasteiger partial charge < -0.3 is 5.73 Å². The Morgan fingerprint density at radius 1 is 1.62 bits per heavy atom. The van der Waals surface area contributed by atoms with Crippen molar-refractivity contribution in [3.05, 3.63) is 17.5 Å². The van der Waals surface area contributed by atoms with E-state index >= 15 is 0 Å². The van der Waals surface area contributed by atoms with Crippen LogP contribution in [-0.4, -0.2) is 33.8 Å². The van der Waals surface area contributed by atoms with Crippen molar-refractivity contribution in [3.8, 4) is 0 Å². The lowest BCUT2D eigenvalue weighted by molar-refractivity contribution is 0.300.